The van der Waals surface area contributed by atoms with E-state index in [1.165, 1.54) is 30.3 Å². The predicted molar refractivity (Wildman–Crippen MR) is 132 cm³/mol. The molecule has 1 amide bonds. The summed E-state index contributed by atoms with van der Waals surface area (Å²) in [6.07, 6.45) is -5.41. The number of carbonyl (C=O) groups is 1. The Balaban J connectivity index is 1.64. The van der Waals surface area contributed by atoms with E-state index in [2.05, 4.69) is 20.1 Å². The molecule has 2 unspecified atom stereocenters. The van der Waals surface area contributed by atoms with Crippen LogP contribution >= 0.6 is 0 Å². The molecule has 0 spiro atoms. The zero-order chi connectivity index (χ0) is 29.4. The second kappa shape index (κ2) is 10.8. The number of alkyl halides is 5. The van der Waals surface area contributed by atoms with Crippen LogP contribution in [0, 0.1) is 12.7 Å². The second-order valence-corrected chi connectivity index (χ2v) is 9.24. The summed E-state index contributed by atoms with van der Waals surface area (Å²) in [6, 6.07) is 9.51. The van der Waals surface area contributed by atoms with Gasteiger partial charge in [0.15, 0.2) is 5.82 Å². The van der Waals surface area contributed by atoms with E-state index in [4.69, 9.17) is 5.73 Å². The van der Waals surface area contributed by atoms with Crippen LogP contribution in [0.5, 0.6) is 0 Å². The minimum atomic E-state index is -4.76. The number of fused-ring (bicyclic) bond motifs is 1. The van der Waals surface area contributed by atoms with E-state index in [0.717, 1.165) is 36.0 Å². The highest BCUT2D eigenvalue weighted by atomic mass is 19.4. The third kappa shape index (κ3) is 5.87. The maximum absolute atomic E-state index is 13.7. The van der Waals surface area contributed by atoms with Crippen LogP contribution in [-0.2, 0) is 10.9 Å². The molecule has 0 aliphatic heterocycles. The lowest BCUT2D eigenvalue weighted by Gasteiger charge is -2.33. The molecule has 0 bridgehead atoms. The van der Waals surface area contributed by atoms with Crippen LogP contribution in [0.1, 0.15) is 40.1 Å². The number of nitrogens with one attached hydrogen (secondary N) is 1. The Morgan fingerprint density at radius 3 is 2.45 bits per heavy atom. The van der Waals surface area contributed by atoms with Crippen molar-refractivity contribution >= 4 is 17.2 Å². The van der Waals surface area contributed by atoms with Gasteiger partial charge >= 0.3 is 12.8 Å². The topological polar surface area (TPSA) is 115 Å². The smallest absolute Gasteiger partial charge is 0.385 e. The molecule has 14 heteroatoms. The number of nitrogens with two attached hydrogens (primary N) is 1. The Hall–Kier alpha value is -4.17. The molecule has 4 aromatic rings. The van der Waals surface area contributed by atoms with Gasteiger partial charge in [-0.25, -0.2) is 13.9 Å². The quantitative estimate of drug-likeness (QED) is 0.261. The number of benzene rings is 2. The normalized spacial score (nSPS) is 14.3. The minimum Gasteiger partial charge on any atom is -0.385 e. The summed E-state index contributed by atoms with van der Waals surface area (Å²) in [7, 11) is 0. The van der Waals surface area contributed by atoms with Crippen LogP contribution in [0.2, 0.25) is 0 Å². The number of hydrogen-bond acceptors (Lipinski definition) is 6. The van der Waals surface area contributed by atoms with Gasteiger partial charge in [-0.2, -0.15) is 27.1 Å². The Morgan fingerprint density at radius 1 is 1.15 bits per heavy atom. The van der Waals surface area contributed by atoms with Crippen LogP contribution in [0.15, 0.2) is 54.9 Å². The summed E-state index contributed by atoms with van der Waals surface area (Å²) >= 11 is 0. The van der Waals surface area contributed by atoms with Crippen molar-refractivity contribution in [2.24, 2.45) is 0 Å². The molecule has 4 rings (SSSR count). The van der Waals surface area contributed by atoms with Crippen molar-refractivity contribution in [3.8, 4) is 11.3 Å². The summed E-state index contributed by atoms with van der Waals surface area (Å²) in [6.45, 7) is -1.12. The molecule has 2 heterocycles. The number of nitrogens with zero attached hydrogens (tertiary/aromatic N) is 3. The lowest BCUT2D eigenvalue weighted by atomic mass is 9.92. The van der Waals surface area contributed by atoms with Crippen LogP contribution in [0.4, 0.5) is 32.2 Å². The van der Waals surface area contributed by atoms with Gasteiger partial charge in [-0.1, -0.05) is 24.3 Å². The molecule has 0 aliphatic carbocycles. The maximum Gasteiger partial charge on any atom is 0.418 e. The van der Waals surface area contributed by atoms with E-state index in [1.807, 2.05) is 0 Å². The number of ether oxygens (including phenoxy) is 1. The van der Waals surface area contributed by atoms with Gasteiger partial charge < -0.3 is 20.9 Å². The van der Waals surface area contributed by atoms with Gasteiger partial charge in [0.05, 0.1) is 11.3 Å². The van der Waals surface area contributed by atoms with Crippen LogP contribution < -0.4 is 11.1 Å². The third-order valence-corrected chi connectivity index (χ3v) is 6.25. The number of amides is 1. The first-order chi connectivity index (χ1) is 18.7. The van der Waals surface area contributed by atoms with Crippen LogP contribution in [0.25, 0.3) is 16.8 Å². The van der Waals surface area contributed by atoms with Crippen molar-refractivity contribution in [2.45, 2.75) is 38.3 Å². The van der Waals surface area contributed by atoms with Crippen molar-refractivity contribution in [1.82, 2.24) is 19.9 Å². The van der Waals surface area contributed by atoms with Gasteiger partial charge in [0.1, 0.15) is 29.4 Å². The predicted octanol–water partition coefficient (Wildman–Crippen LogP) is 4.91. The molecule has 8 nitrogen and oxygen atoms in total. The number of rotatable bonds is 8. The van der Waals surface area contributed by atoms with Crippen molar-refractivity contribution in [3.63, 3.8) is 0 Å². The number of halogens is 6. The van der Waals surface area contributed by atoms with Crippen molar-refractivity contribution in [2.75, 3.05) is 12.3 Å². The average molecular weight is 567 g/mol. The maximum atomic E-state index is 13.7. The van der Waals surface area contributed by atoms with Gasteiger partial charge in [-0.3, -0.25) is 4.79 Å². The van der Waals surface area contributed by atoms with Gasteiger partial charge in [0.2, 0.25) is 0 Å². The van der Waals surface area contributed by atoms with Gasteiger partial charge in [0.25, 0.3) is 5.91 Å². The molecule has 0 saturated carbocycles. The minimum absolute atomic E-state index is 0.0146. The Morgan fingerprint density at radius 2 is 1.82 bits per heavy atom. The van der Waals surface area contributed by atoms with Crippen molar-refractivity contribution < 1.29 is 41.0 Å². The molecule has 2 aromatic heterocycles. The summed E-state index contributed by atoms with van der Waals surface area (Å²) in [5.74, 6) is -1.77. The number of aliphatic hydroxyl groups is 1. The molecule has 40 heavy (non-hydrogen) atoms. The monoisotopic (exact) mass is 567 g/mol. The van der Waals surface area contributed by atoms with Crippen LogP contribution in [0.3, 0.4) is 0 Å². The van der Waals surface area contributed by atoms with Crippen LogP contribution in [-0.4, -0.2) is 44.4 Å². The van der Waals surface area contributed by atoms with E-state index < -0.39 is 53.8 Å². The number of nitrogen functional groups attached to an aromatic ring is 1. The highest BCUT2D eigenvalue weighted by molar-refractivity contribution is 5.97. The summed E-state index contributed by atoms with van der Waals surface area (Å²) in [5.41, 5.74) is 2.80. The molecule has 2 aromatic carbocycles. The van der Waals surface area contributed by atoms with Crippen molar-refractivity contribution in [3.05, 3.63) is 82.9 Å². The Labute approximate surface area is 223 Å². The highest BCUT2D eigenvalue weighted by Gasteiger charge is 2.38. The highest BCUT2D eigenvalue weighted by Crippen LogP contribution is 2.39. The third-order valence-electron chi connectivity index (χ3n) is 6.25. The van der Waals surface area contributed by atoms with E-state index in [-0.39, 0.29) is 28.2 Å². The van der Waals surface area contributed by atoms with Gasteiger partial charge in [0, 0.05) is 17.7 Å². The number of aromatic nitrogens is 3. The first-order valence-corrected chi connectivity index (χ1v) is 11.7. The molecule has 212 valence electrons. The number of anilines is 1. The van der Waals surface area contributed by atoms with E-state index in [1.54, 1.807) is 6.92 Å². The molecular weight excluding hydrogens is 544 g/mol. The fourth-order valence-corrected chi connectivity index (χ4v) is 4.29. The van der Waals surface area contributed by atoms with E-state index in [9.17, 15) is 36.2 Å². The molecular formula is C26H23F6N5O3. The fraction of sp³-hybridized carbons (Fsp3) is 0.269. The first-order valence-electron chi connectivity index (χ1n) is 11.7. The molecule has 0 saturated heterocycles. The Kier molecular flexibility index (Phi) is 7.76. The first kappa shape index (κ1) is 28.8. The van der Waals surface area contributed by atoms with E-state index in [0.29, 0.717) is 5.56 Å². The molecule has 2 atom stereocenters. The largest absolute Gasteiger partial charge is 0.418 e. The average Bonchev–Trinajstić information content (AvgIpc) is 3.28. The SMILES string of the molecule is Cc1ccc(-c2cc(C(F)(F)F)c3c(N)ncnn23)cc1C(=O)NCC(C)(O)C(OC(F)F)c1ccc(F)cc1. The van der Waals surface area contributed by atoms with Crippen molar-refractivity contribution in [1.29, 1.82) is 0 Å². The van der Waals surface area contributed by atoms with E-state index >= 15 is 0 Å². The zero-order valence-corrected chi connectivity index (χ0v) is 21.0. The number of carbonyl (C=O) groups excluding carboxylic acids is 1. The summed E-state index contributed by atoms with van der Waals surface area (Å²) in [4.78, 5) is 16.7. The summed E-state index contributed by atoms with van der Waals surface area (Å²) in [5, 5.41) is 17.3. The molecule has 0 aliphatic rings. The Bertz CT molecular complexity index is 1540. The zero-order valence-electron chi connectivity index (χ0n) is 21.0. The standard InChI is InChI=1S/C26H23F6N5O3/c1-13-3-4-15(19-10-18(26(30,31)32)20-22(33)35-12-36-37(19)20)9-17(13)23(38)34-11-25(2,39)21(40-24(28)29)14-5-7-16(27)8-6-14/h3-10,12,21,24,39H,11H2,1-2H3,(H,34,38)(H2,33,35,36). The number of aryl methyl sites for hydroxylation is 1. The molecule has 4 N–H and O–H groups in total. The lowest BCUT2D eigenvalue weighted by Crippen LogP contribution is -2.46. The molecule has 0 fully saturated rings. The van der Waals surface area contributed by atoms with Gasteiger partial charge in [-0.05, 0) is 49.2 Å². The van der Waals surface area contributed by atoms with Gasteiger partial charge in [-0.15, -0.1) is 0 Å². The fourth-order valence-electron chi connectivity index (χ4n) is 4.29. The summed E-state index contributed by atoms with van der Waals surface area (Å²) < 4.78 is 86.3. The lowest BCUT2D eigenvalue weighted by molar-refractivity contribution is -0.212. The molecule has 0 radical (unpaired) electrons. The second-order valence-electron chi connectivity index (χ2n) is 9.24. The number of hydrogen-bond donors (Lipinski definition) is 3.